The van der Waals surface area contributed by atoms with Crippen LogP contribution in [-0.4, -0.2) is 39.1 Å². The molecule has 3 rings (SSSR count). The first-order valence-electron chi connectivity index (χ1n) is 6.81. The van der Waals surface area contributed by atoms with Gasteiger partial charge in [-0.1, -0.05) is 12.1 Å². The van der Waals surface area contributed by atoms with Gasteiger partial charge in [0.15, 0.2) is 12.4 Å². The first-order valence-corrected chi connectivity index (χ1v) is 6.81. The third kappa shape index (κ3) is 3.96. The molecule has 1 aliphatic rings. The van der Waals surface area contributed by atoms with Crippen LogP contribution in [0, 0.1) is 0 Å². The second-order valence-corrected chi connectivity index (χ2v) is 5.08. The molecule has 0 bridgehead atoms. The van der Waals surface area contributed by atoms with Gasteiger partial charge in [0, 0.05) is 11.3 Å². The van der Waals surface area contributed by atoms with E-state index in [0.29, 0.717) is 17.1 Å². The first-order chi connectivity index (χ1) is 10.9. The van der Waals surface area contributed by atoms with Crippen molar-refractivity contribution < 1.29 is 22.7 Å². The van der Waals surface area contributed by atoms with Gasteiger partial charge < -0.3 is 4.74 Å². The fourth-order valence-corrected chi connectivity index (χ4v) is 1.99. The fraction of sp³-hybridized carbons (Fsp3) is 0.385. The largest absolute Gasteiger partial charge is 0.440 e. The normalized spacial score (nSPS) is 14.6. The lowest BCUT2D eigenvalue weighted by Crippen LogP contribution is -2.23. The van der Waals surface area contributed by atoms with Crippen molar-refractivity contribution >= 4 is 11.8 Å². The van der Waals surface area contributed by atoms with E-state index in [-0.39, 0.29) is 6.04 Å². The minimum absolute atomic E-state index is 0.272. The summed E-state index contributed by atoms with van der Waals surface area (Å²) >= 11 is 0. The highest BCUT2D eigenvalue weighted by atomic mass is 19.4. The van der Waals surface area contributed by atoms with Crippen LogP contribution in [0.5, 0.6) is 0 Å². The summed E-state index contributed by atoms with van der Waals surface area (Å²) in [4.78, 5) is 11.4. The molecule has 1 N–H and O–H groups in total. The van der Waals surface area contributed by atoms with Crippen LogP contribution in [0.25, 0.3) is 11.4 Å². The number of hydrogen-bond donors (Lipinski definition) is 1. The van der Waals surface area contributed by atoms with Crippen LogP contribution in [0.1, 0.15) is 18.9 Å². The van der Waals surface area contributed by atoms with Gasteiger partial charge in [-0.15, -0.1) is 5.10 Å². The Balaban J connectivity index is 1.70. The summed E-state index contributed by atoms with van der Waals surface area (Å²) < 4.78 is 41.8. The van der Waals surface area contributed by atoms with E-state index in [4.69, 9.17) is 0 Å². The molecular formula is C13H12F3N5O2. The van der Waals surface area contributed by atoms with Gasteiger partial charge in [0.25, 0.3) is 0 Å². The van der Waals surface area contributed by atoms with Crippen molar-refractivity contribution in [3.63, 3.8) is 0 Å². The summed E-state index contributed by atoms with van der Waals surface area (Å²) in [5.74, 6) is 0.541. The molecule has 2 aromatic rings. The second-order valence-electron chi connectivity index (χ2n) is 5.08. The summed E-state index contributed by atoms with van der Waals surface area (Å²) in [6.45, 7) is -1.64. The number of hydrogen-bond acceptors (Lipinski definition) is 5. The maximum Gasteiger partial charge on any atom is 0.422 e. The predicted octanol–water partition coefficient (Wildman–Crippen LogP) is 2.79. The molecule has 1 amide bonds. The molecule has 122 valence electrons. The molecule has 1 saturated carbocycles. The van der Waals surface area contributed by atoms with Crippen LogP contribution in [-0.2, 0) is 4.74 Å². The van der Waals surface area contributed by atoms with E-state index in [1.165, 1.54) is 6.07 Å². The van der Waals surface area contributed by atoms with Crippen molar-refractivity contribution in [3.05, 3.63) is 24.3 Å². The van der Waals surface area contributed by atoms with Gasteiger partial charge in [0.2, 0.25) is 0 Å². The van der Waals surface area contributed by atoms with Crippen molar-refractivity contribution in [1.82, 2.24) is 20.2 Å². The lowest BCUT2D eigenvalue weighted by Gasteiger charge is -2.10. The molecule has 1 aromatic heterocycles. The molecule has 0 radical (unpaired) electrons. The average Bonchev–Trinajstić information content (AvgIpc) is 3.22. The molecule has 0 aliphatic heterocycles. The quantitative estimate of drug-likeness (QED) is 0.934. The number of nitrogens with one attached hydrogen (secondary N) is 1. The minimum Gasteiger partial charge on any atom is -0.440 e. The maximum atomic E-state index is 12.0. The SMILES string of the molecule is O=C(Nc1cccc(-c2nnnn2C2CC2)c1)OCC(F)(F)F. The molecule has 23 heavy (non-hydrogen) atoms. The molecule has 1 heterocycles. The Kier molecular flexibility index (Phi) is 3.89. The zero-order chi connectivity index (χ0) is 16.4. The van der Waals surface area contributed by atoms with Gasteiger partial charge in [-0.2, -0.15) is 13.2 Å². The lowest BCUT2D eigenvalue weighted by atomic mass is 10.2. The van der Waals surface area contributed by atoms with Crippen LogP contribution in [0.4, 0.5) is 23.7 Å². The van der Waals surface area contributed by atoms with Gasteiger partial charge in [0.1, 0.15) is 0 Å². The van der Waals surface area contributed by atoms with Crippen LogP contribution in [0.2, 0.25) is 0 Å². The lowest BCUT2D eigenvalue weighted by molar-refractivity contribution is -0.159. The van der Waals surface area contributed by atoms with Crippen LogP contribution in [0.15, 0.2) is 24.3 Å². The molecule has 1 aliphatic carbocycles. The zero-order valence-corrected chi connectivity index (χ0v) is 11.7. The van der Waals surface area contributed by atoms with Gasteiger partial charge in [-0.3, -0.25) is 5.32 Å². The number of nitrogens with zero attached hydrogens (tertiary/aromatic N) is 4. The van der Waals surface area contributed by atoms with Crippen LogP contribution in [0.3, 0.4) is 0 Å². The van der Waals surface area contributed by atoms with Gasteiger partial charge in [-0.25, -0.2) is 9.48 Å². The highest BCUT2D eigenvalue weighted by molar-refractivity contribution is 5.85. The Hall–Kier alpha value is -2.65. The number of aromatic nitrogens is 4. The molecule has 0 atom stereocenters. The topological polar surface area (TPSA) is 81.9 Å². The number of benzene rings is 1. The minimum atomic E-state index is -4.56. The highest BCUT2D eigenvalue weighted by Crippen LogP contribution is 2.36. The molecule has 1 fully saturated rings. The Labute approximate surface area is 128 Å². The number of anilines is 1. The van der Waals surface area contributed by atoms with E-state index in [1.807, 2.05) is 0 Å². The summed E-state index contributed by atoms with van der Waals surface area (Å²) in [5, 5.41) is 13.7. The Morgan fingerprint density at radius 1 is 1.39 bits per heavy atom. The molecule has 0 saturated heterocycles. The van der Waals surface area contributed by atoms with Crippen molar-refractivity contribution in [2.24, 2.45) is 0 Å². The molecule has 7 nitrogen and oxygen atoms in total. The van der Waals surface area contributed by atoms with E-state index >= 15 is 0 Å². The summed E-state index contributed by atoms with van der Waals surface area (Å²) in [5.41, 5.74) is 0.940. The number of carbonyl (C=O) groups excluding carboxylic acids is 1. The maximum absolute atomic E-state index is 12.0. The number of alkyl halides is 3. The van der Waals surface area contributed by atoms with Crippen LogP contribution < -0.4 is 5.32 Å². The van der Waals surface area contributed by atoms with Gasteiger partial charge in [0.05, 0.1) is 6.04 Å². The van der Waals surface area contributed by atoms with E-state index in [9.17, 15) is 18.0 Å². The second kappa shape index (κ2) is 5.86. The zero-order valence-electron chi connectivity index (χ0n) is 11.7. The third-order valence-electron chi connectivity index (χ3n) is 3.12. The first kappa shape index (κ1) is 15.3. The fourth-order valence-electron chi connectivity index (χ4n) is 1.99. The Morgan fingerprint density at radius 3 is 2.87 bits per heavy atom. The number of amides is 1. The Bertz CT molecular complexity index is 712. The molecule has 0 spiro atoms. The van der Waals surface area contributed by atoms with E-state index < -0.39 is 18.9 Å². The number of rotatable bonds is 4. The summed E-state index contributed by atoms with van der Waals surface area (Å²) in [7, 11) is 0. The monoisotopic (exact) mass is 327 g/mol. The average molecular weight is 327 g/mol. The van der Waals surface area contributed by atoms with Crippen molar-refractivity contribution in [1.29, 1.82) is 0 Å². The predicted molar refractivity (Wildman–Crippen MR) is 72.5 cm³/mol. The standard InChI is InChI=1S/C13H12F3N5O2/c14-13(15,16)7-23-12(22)17-9-3-1-2-8(6-9)11-18-19-20-21(11)10-4-5-10/h1-3,6,10H,4-5,7H2,(H,17,22). The molecular weight excluding hydrogens is 315 g/mol. The van der Waals surface area contributed by atoms with Gasteiger partial charge >= 0.3 is 12.3 Å². The summed E-state index contributed by atoms with van der Waals surface area (Å²) in [6.07, 6.45) is -3.74. The van der Waals surface area contributed by atoms with Crippen molar-refractivity contribution in [3.8, 4) is 11.4 Å². The highest BCUT2D eigenvalue weighted by Gasteiger charge is 2.30. The Morgan fingerprint density at radius 2 is 2.17 bits per heavy atom. The third-order valence-corrected chi connectivity index (χ3v) is 3.12. The van der Waals surface area contributed by atoms with E-state index in [0.717, 1.165) is 12.8 Å². The number of tetrazole rings is 1. The van der Waals surface area contributed by atoms with E-state index in [1.54, 1.807) is 22.9 Å². The van der Waals surface area contributed by atoms with Gasteiger partial charge in [-0.05, 0) is 35.4 Å². The smallest absolute Gasteiger partial charge is 0.422 e. The number of ether oxygens (including phenoxy) is 1. The summed E-state index contributed by atoms with van der Waals surface area (Å²) in [6, 6.07) is 6.76. The van der Waals surface area contributed by atoms with Crippen molar-refractivity contribution in [2.45, 2.75) is 25.1 Å². The molecule has 0 unspecified atom stereocenters. The van der Waals surface area contributed by atoms with Crippen LogP contribution >= 0.6 is 0 Å². The van der Waals surface area contributed by atoms with Crippen molar-refractivity contribution in [2.75, 3.05) is 11.9 Å². The number of carbonyl (C=O) groups is 1. The van der Waals surface area contributed by atoms with E-state index in [2.05, 4.69) is 25.6 Å². The number of halogens is 3. The molecule has 1 aromatic carbocycles. The molecule has 10 heteroatoms.